The monoisotopic (exact) mass is 249 g/mol. The van der Waals surface area contributed by atoms with E-state index < -0.39 is 0 Å². The molecule has 1 heterocycles. The standard InChI is InChI=1S/C15H27N3/c1-4-5-8-16-15-17-9-10-18(15)14-7-6-12(2)11-13(14)3/h9-10,12-14H,4-8,11H2,1-3H3,(H,16,17). The second-order valence-corrected chi connectivity index (χ2v) is 5.90. The van der Waals surface area contributed by atoms with E-state index in [1.807, 2.05) is 6.20 Å². The van der Waals surface area contributed by atoms with Gasteiger partial charge in [0.15, 0.2) is 0 Å². The van der Waals surface area contributed by atoms with Crippen molar-refractivity contribution in [3.63, 3.8) is 0 Å². The maximum atomic E-state index is 4.47. The number of imidazole rings is 1. The van der Waals surface area contributed by atoms with Gasteiger partial charge in [0, 0.05) is 25.0 Å². The molecule has 1 fully saturated rings. The summed E-state index contributed by atoms with van der Waals surface area (Å²) in [6.07, 6.45) is 10.5. The van der Waals surface area contributed by atoms with Crippen molar-refractivity contribution in [1.29, 1.82) is 0 Å². The quantitative estimate of drug-likeness (QED) is 0.796. The minimum atomic E-state index is 0.632. The number of hydrogen-bond donors (Lipinski definition) is 1. The highest BCUT2D eigenvalue weighted by molar-refractivity contribution is 5.26. The van der Waals surface area contributed by atoms with Crippen molar-refractivity contribution in [2.45, 2.75) is 58.9 Å². The van der Waals surface area contributed by atoms with Gasteiger partial charge < -0.3 is 9.88 Å². The molecule has 3 atom stereocenters. The van der Waals surface area contributed by atoms with E-state index in [1.165, 1.54) is 32.1 Å². The van der Waals surface area contributed by atoms with Gasteiger partial charge in [0.05, 0.1) is 0 Å². The van der Waals surface area contributed by atoms with Crippen LogP contribution < -0.4 is 5.32 Å². The van der Waals surface area contributed by atoms with Crippen LogP contribution in [0.4, 0.5) is 5.95 Å². The van der Waals surface area contributed by atoms with Crippen LogP contribution in [-0.4, -0.2) is 16.1 Å². The van der Waals surface area contributed by atoms with Crippen LogP contribution in [0.2, 0.25) is 0 Å². The Labute approximate surface area is 111 Å². The Balaban J connectivity index is 2.01. The second kappa shape index (κ2) is 6.26. The van der Waals surface area contributed by atoms with Crippen LogP contribution in [0.25, 0.3) is 0 Å². The number of hydrogen-bond acceptors (Lipinski definition) is 2. The van der Waals surface area contributed by atoms with Crippen molar-refractivity contribution in [3.05, 3.63) is 12.4 Å². The highest BCUT2D eigenvalue weighted by Gasteiger charge is 2.27. The summed E-state index contributed by atoms with van der Waals surface area (Å²) < 4.78 is 2.37. The first-order chi connectivity index (χ1) is 8.72. The van der Waals surface area contributed by atoms with Crippen molar-refractivity contribution in [2.24, 2.45) is 11.8 Å². The molecule has 3 heteroatoms. The first-order valence-electron chi connectivity index (χ1n) is 7.49. The third-order valence-electron chi connectivity index (χ3n) is 4.23. The largest absolute Gasteiger partial charge is 0.356 e. The average molecular weight is 249 g/mol. The predicted molar refractivity (Wildman–Crippen MR) is 76.8 cm³/mol. The lowest BCUT2D eigenvalue weighted by Gasteiger charge is -2.34. The molecule has 0 radical (unpaired) electrons. The Bertz CT molecular complexity index is 358. The topological polar surface area (TPSA) is 29.9 Å². The van der Waals surface area contributed by atoms with Crippen LogP contribution in [0, 0.1) is 11.8 Å². The van der Waals surface area contributed by atoms with Gasteiger partial charge in [-0.15, -0.1) is 0 Å². The zero-order chi connectivity index (χ0) is 13.0. The molecule has 0 aliphatic heterocycles. The van der Waals surface area contributed by atoms with Gasteiger partial charge >= 0.3 is 0 Å². The summed E-state index contributed by atoms with van der Waals surface area (Å²) in [5.74, 6) is 2.71. The molecule has 0 saturated heterocycles. The molecule has 1 aliphatic rings. The van der Waals surface area contributed by atoms with Crippen LogP contribution in [0.3, 0.4) is 0 Å². The summed E-state index contributed by atoms with van der Waals surface area (Å²) in [6, 6.07) is 0.632. The lowest BCUT2D eigenvalue weighted by atomic mass is 9.80. The molecular formula is C15H27N3. The Morgan fingerprint density at radius 3 is 2.94 bits per heavy atom. The zero-order valence-corrected chi connectivity index (χ0v) is 12.0. The van der Waals surface area contributed by atoms with Crippen LogP contribution in [0.5, 0.6) is 0 Å². The molecule has 1 aromatic heterocycles. The van der Waals surface area contributed by atoms with E-state index >= 15 is 0 Å². The van der Waals surface area contributed by atoms with E-state index in [4.69, 9.17) is 0 Å². The zero-order valence-electron chi connectivity index (χ0n) is 12.0. The van der Waals surface area contributed by atoms with Gasteiger partial charge in [-0.1, -0.05) is 27.2 Å². The van der Waals surface area contributed by atoms with E-state index in [0.717, 1.165) is 24.3 Å². The van der Waals surface area contributed by atoms with Crippen molar-refractivity contribution in [3.8, 4) is 0 Å². The van der Waals surface area contributed by atoms with Crippen LogP contribution in [0.1, 0.15) is 58.9 Å². The SMILES string of the molecule is CCCCNc1nccn1C1CCC(C)CC1C. The summed E-state index contributed by atoms with van der Waals surface area (Å²) >= 11 is 0. The normalized spacial score (nSPS) is 28.3. The van der Waals surface area contributed by atoms with Gasteiger partial charge in [0.2, 0.25) is 5.95 Å². The first kappa shape index (κ1) is 13.4. The summed E-state index contributed by atoms with van der Waals surface area (Å²) in [4.78, 5) is 4.47. The van der Waals surface area contributed by atoms with Gasteiger partial charge in [0.25, 0.3) is 0 Å². The van der Waals surface area contributed by atoms with E-state index in [2.05, 4.69) is 41.8 Å². The minimum absolute atomic E-state index is 0.632. The lowest BCUT2D eigenvalue weighted by molar-refractivity contribution is 0.209. The highest BCUT2D eigenvalue weighted by atomic mass is 15.2. The van der Waals surface area contributed by atoms with Crippen LogP contribution >= 0.6 is 0 Å². The third kappa shape index (κ3) is 3.06. The van der Waals surface area contributed by atoms with Crippen molar-refractivity contribution < 1.29 is 0 Å². The van der Waals surface area contributed by atoms with Crippen molar-refractivity contribution >= 4 is 5.95 Å². The smallest absolute Gasteiger partial charge is 0.203 e. The maximum Gasteiger partial charge on any atom is 0.203 e. The molecule has 3 unspecified atom stereocenters. The molecule has 18 heavy (non-hydrogen) atoms. The van der Waals surface area contributed by atoms with Crippen molar-refractivity contribution in [1.82, 2.24) is 9.55 Å². The van der Waals surface area contributed by atoms with Gasteiger partial charge in [-0.2, -0.15) is 0 Å². The highest BCUT2D eigenvalue weighted by Crippen LogP contribution is 2.37. The van der Waals surface area contributed by atoms with E-state index in [0.29, 0.717) is 6.04 Å². The molecule has 1 saturated carbocycles. The molecule has 0 spiro atoms. The van der Waals surface area contributed by atoms with Crippen molar-refractivity contribution in [2.75, 3.05) is 11.9 Å². The average Bonchev–Trinajstić information content (AvgIpc) is 2.78. The minimum Gasteiger partial charge on any atom is -0.356 e. The summed E-state index contributed by atoms with van der Waals surface area (Å²) in [6.45, 7) is 8.01. The molecule has 1 N–H and O–H groups in total. The van der Waals surface area contributed by atoms with E-state index in [9.17, 15) is 0 Å². The van der Waals surface area contributed by atoms with E-state index in [1.54, 1.807) is 0 Å². The Hall–Kier alpha value is -0.990. The van der Waals surface area contributed by atoms with Gasteiger partial charge in [-0.25, -0.2) is 4.98 Å². The molecular weight excluding hydrogens is 222 g/mol. The molecule has 1 aliphatic carbocycles. The Morgan fingerprint density at radius 2 is 2.22 bits per heavy atom. The molecule has 3 nitrogen and oxygen atoms in total. The number of nitrogens with zero attached hydrogens (tertiary/aromatic N) is 2. The fourth-order valence-electron chi connectivity index (χ4n) is 3.16. The Morgan fingerprint density at radius 1 is 1.39 bits per heavy atom. The molecule has 1 aromatic rings. The molecule has 0 aromatic carbocycles. The Kier molecular flexibility index (Phi) is 4.67. The first-order valence-corrected chi connectivity index (χ1v) is 7.49. The molecule has 0 bridgehead atoms. The van der Waals surface area contributed by atoms with Gasteiger partial charge in [0.1, 0.15) is 0 Å². The van der Waals surface area contributed by atoms with Crippen LogP contribution in [0.15, 0.2) is 12.4 Å². The van der Waals surface area contributed by atoms with Gasteiger partial charge in [-0.3, -0.25) is 0 Å². The number of aromatic nitrogens is 2. The molecule has 2 rings (SSSR count). The fourth-order valence-corrected chi connectivity index (χ4v) is 3.16. The number of anilines is 1. The molecule has 102 valence electrons. The third-order valence-corrected chi connectivity index (χ3v) is 4.23. The number of unbranched alkanes of at least 4 members (excludes halogenated alkanes) is 1. The fraction of sp³-hybridized carbons (Fsp3) is 0.800. The maximum absolute atomic E-state index is 4.47. The lowest BCUT2D eigenvalue weighted by Crippen LogP contribution is -2.25. The predicted octanol–water partition coefficient (Wildman–Crippen LogP) is 4.09. The summed E-state index contributed by atoms with van der Waals surface area (Å²) in [7, 11) is 0. The number of rotatable bonds is 5. The summed E-state index contributed by atoms with van der Waals surface area (Å²) in [5, 5.41) is 3.48. The number of nitrogens with one attached hydrogen (secondary N) is 1. The summed E-state index contributed by atoms with van der Waals surface area (Å²) in [5.41, 5.74) is 0. The molecule has 0 amide bonds. The van der Waals surface area contributed by atoms with Gasteiger partial charge in [-0.05, 0) is 37.5 Å². The second-order valence-electron chi connectivity index (χ2n) is 5.90. The van der Waals surface area contributed by atoms with Crippen LogP contribution in [-0.2, 0) is 0 Å². The van der Waals surface area contributed by atoms with E-state index in [-0.39, 0.29) is 0 Å².